The second-order valence-corrected chi connectivity index (χ2v) is 5.35. The summed E-state index contributed by atoms with van der Waals surface area (Å²) in [5.41, 5.74) is -0.496. The van der Waals surface area contributed by atoms with Crippen molar-refractivity contribution in [3.63, 3.8) is 0 Å². The highest BCUT2D eigenvalue weighted by Gasteiger charge is 2.36. The first-order valence-corrected chi connectivity index (χ1v) is 6.25. The van der Waals surface area contributed by atoms with Crippen LogP contribution in [0.15, 0.2) is 24.3 Å². The number of rotatable bonds is 2. The summed E-state index contributed by atoms with van der Waals surface area (Å²) in [6.45, 7) is 4.17. The molecule has 2 rings (SSSR count). The summed E-state index contributed by atoms with van der Waals surface area (Å²) in [5.74, 6) is -0.898. The molecule has 1 saturated heterocycles. The quantitative estimate of drug-likeness (QED) is 0.882. The first-order chi connectivity index (χ1) is 8.93. The van der Waals surface area contributed by atoms with Crippen LogP contribution in [0.5, 0.6) is 0 Å². The Hall–Kier alpha value is -1.46. The minimum Gasteiger partial charge on any atom is -0.394 e. The van der Waals surface area contributed by atoms with Crippen LogP contribution in [0.2, 0.25) is 0 Å². The van der Waals surface area contributed by atoms with Crippen LogP contribution >= 0.6 is 0 Å². The number of carbonyl (C=O) groups is 1. The Morgan fingerprint density at radius 3 is 2.84 bits per heavy atom. The molecule has 19 heavy (non-hydrogen) atoms. The van der Waals surface area contributed by atoms with Gasteiger partial charge in [-0.3, -0.25) is 4.79 Å². The number of amides is 1. The number of hydrogen-bond acceptors (Lipinski definition) is 3. The van der Waals surface area contributed by atoms with Gasteiger partial charge in [0.25, 0.3) is 5.91 Å². The summed E-state index contributed by atoms with van der Waals surface area (Å²) >= 11 is 0. The molecule has 0 saturated carbocycles. The van der Waals surface area contributed by atoms with E-state index < -0.39 is 17.5 Å². The van der Waals surface area contributed by atoms with E-state index in [-0.39, 0.29) is 24.6 Å². The number of benzene rings is 1. The number of aliphatic hydroxyl groups excluding tert-OH is 1. The molecule has 1 fully saturated rings. The molecule has 0 bridgehead atoms. The van der Waals surface area contributed by atoms with Gasteiger partial charge in [-0.2, -0.15) is 0 Å². The Morgan fingerprint density at radius 2 is 2.21 bits per heavy atom. The fourth-order valence-electron chi connectivity index (χ4n) is 2.35. The molecule has 4 nitrogen and oxygen atoms in total. The van der Waals surface area contributed by atoms with Crippen molar-refractivity contribution in [2.24, 2.45) is 0 Å². The van der Waals surface area contributed by atoms with Crippen molar-refractivity contribution >= 4 is 5.91 Å². The number of nitrogens with zero attached hydrogens (tertiary/aromatic N) is 1. The summed E-state index contributed by atoms with van der Waals surface area (Å²) in [6, 6.07) is 5.91. The van der Waals surface area contributed by atoms with E-state index in [2.05, 4.69) is 0 Å². The van der Waals surface area contributed by atoms with Gasteiger partial charge in [-0.1, -0.05) is 12.1 Å². The molecular weight excluding hydrogens is 249 g/mol. The van der Waals surface area contributed by atoms with E-state index in [1.54, 1.807) is 12.1 Å². The number of carbonyl (C=O) groups excluding carboxylic acids is 1. The predicted octanol–water partition coefficient (Wildman–Crippen LogP) is 1.44. The van der Waals surface area contributed by atoms with Crippen LogP contribution in [-0.2, 0) is 4.74 Å². The lowest BCUT2D eigenvalue weighted by atomic mass is 10.0. The number of halogens is 1. The maximum atomic E-state index is 13.6. The van der Waals surface area contributed by atoms with Gasteiger partial charge in [0, 0.05) is 13.1 Å². The van der Waals surface area contributed by atoms with Crippen LogP contribution in [0.1, 0.15) is 24.2 Å². The van der Waals surface area contributed by atoms with Gasteiger partial charge < -0.3 is 14.7 Å². The molecule has 1 aliphatic rings. The zero-order valence-corrected chi connectivity index (χ0v) is 11.1. The Bertz CT molecular complexity index is 476. The van der Waals surface area contributed by atoms with Crippen LogP contribution < -0.4 is 0 Å². The summed E-state index contributed by atoms with van der Waals surface area (Å²) in [7, 11) is 0. The van der Waals surface area contributed by atoms with Gasteiger partial charge in [0.15, 0.2) is 0 Å². The van der Waals surface area contributed by atoms with Crippen LogP contribution in [0.3, 0.4) is 0 Å². The van der Waals surface area contributed by atoms with Gasteiger partial charge >= 0.3 is 0 Å². The summed E-state index contributed by atoms with van der Waals surface area (Å²) in [6.07, 6.45) is -0.431. The molecule has 1 aromatic carbocycles. The zero-order chi connectivity index (χ0) is 14.0. The summed E-state index contributed by atoms with van der Waals surface area (Å²) < 4.78 is 19.3. The monoisotopic (exact) mass is 267 g/mol. The molecule has 0 radical (unpaired) electrons. The number of morpholine rings is 1. The average Bonchev–Trinajstić information content (AvgIpc) is 2.36. The van der Waals surface area contributed by atoms with Crippen LogP contribution in [-0.4, -0.2) is 47.3 Å². The summed E-state index contributed by atoms with van der Waals surface area (Å²) in [5, 5.41) is 9.21. The molecule has 5 heteroatoms. The number of ether oxygens (including phenoxy) is 1. The van der Waals surface area contributed by atoms with Crippen LogP contribution in [0, 0.1) is 5.82 Å². The Balaban J connectivity index is 2.21. The number of hydrogen-bond donors (Lipinski definition) is 1. The molecule has 1 unspecified atom stereocenters. The molecule has 0 aliphatic carbocycles. The Kier molecular flexibility index (Phi) is 3.87. The lowest BCUT2D eigenvalue weighted by Gasteiger charge is -2.42. The minimum absolute atomic E-state index is 0.0527. The Labute approximate surface area is 111 Å². The second-order valence-electron chi connectivity index (χ2n) is 5.35. The lowest BCUT2D eigenvalue weighted by Crippen LogP contribution is -2.55. The lowest BCUT2D eigenvalue weighted by molar-refractivity contribution is -0.139. The highest BCUT2D eigenvalue weighted by atomic mass is 19.1. The predicted molar refractivity (Wildman–Crippen MR) is 68.3 cm³/mol. The normalized spacial score (nSPS) is 22.3. The molecule has 104 valence electrons. The van der Waals surface area contributed by atoms with Crippen molar-refractivity contribution < 1.29 is 19.0 Å². The molecule has 0 spiro atoms. The van der Waals surface area contributed by atoms with E-state index in [0.29, 0.717) is 6.54 Å². The highest BCUT2D eigenvalue weighted by Crippen LogP contribution is 2.23. The third-order valence-corrected chi connectivity index (χ3v) is 3.08. The largest absolute Gasteiger partial charge is 0.394 e. The highest BCUT2D eigenvalue weighted by molar-refractivity contribution is 5.94. The van der Waals surface area contributed by atoms with Gasteiger partial charge in [0.05, 0.1) is 23.9 Å². The zero-order valence-electron chi connectivity index (χ0n) is 11.1. The maximum absolute atomic E-state index is 13.6. The number of aliphatic hydroxyl groups is 1. The van der Waals surface area contributed by atoms with E-state index >= 15 is 0 Å². The Morgan fingerprint density at radius 1 is 1.53 bits per heavy atom. The van der Waals surface area contributed by atoms with Crippen LogP contribution in [0.25, 0.3) is 0 Å². The van der Waals surface area contributed by atoms with Gasteiger partial charge in [-0.25, -0.2) is 4.39 Å². The smallest absolute Gasteiger partial charge is 0.257 e. The van der Waals surface area contributed by atoms with E-state index in [9.17, 15) is 14.3 Å². The van der Waals surface area contributed by atoms with Crippen molar-refractivity contribution in [2.75, 3.05) is 19.7 Å². The van der Waals surface area contributed by atoms with E-state index in [0.717, 1.165) is 0 Å². The molecule has 1 amide bonds. The van der Waals surface area contributed by atoms with Crippen molar-refractivity contribution in [1.82, 2.24) is 4.90 Å². The van der Waals surface area contributed by atoms with Crippen molar-refractivity contribution in [3.8, 4) is 0 Å². The molecule has 1 aromatic rings. The summed E-state index contributed by atoms with van der Waals surface area (Å²) in [4.78, 5) is 13.8. The fraction of sp³-hybridized carbons (Fsp3) is 0.500. The van der Waals surface area contributed by atoms with Crippen molar-refractivity contribution in [2.45, 2.75) is 25.6 Å². The second kappa shape index (κ2) is 5.27. The van der Waals surface area contributed by atoms with Crippen LogP contribution in [0.4, 0.5) is 4.39 Å². The maximum Gasteiger partial charge on any atom is 0.257 e. The van der Waals surface area contributed by atoms with Gasteiger partial charge in [0.1, 0.15) is 5.82 Å². The first-order valence-electron chi connectivity index (χ1n) is 6.25. The van der Waals surface area contributed by atoms with Crippen molar-refractivity contribution in [1.29, 1.82) is 0 Å². The standard InChI is InChI=1S/C14H18FNO3/c1-14(2)9-16(7-10(8-17)19-14)13(18)11-5-3-4-6-12(11)15/h3-6,10,17H,7-9H2,1-2H3. The van der Waals surface area contributed by atoms with E-state index in [1.165, 1.54) is 17.0 Å². The first kappa shape index (κ1) is 14.0. The average molecular weight is 267 g/mol. The van der Waals surface area contributed by atoms with Gasteiger partial charge in [0.2, 0.25) is 0 Å². The van der Waals surface area contributed by atoms with Gasteiger partial charge in [-0.05, 0) is 26.0 Å². The third kappa shape index (κ3) is 3.11. The molecule has 1 N–H and O–H groups in total. The SMILES string of the molecule is CC1(C)CN(C(=O)c2ccccc2F)CC(CO)O1. The molecule has 1 aliphatic heterocycles. The molecular formula is C14H18FNO3. The molecule has 0 aromatic heterocycles. The van der Waals surface area contributed by atoms with E-state index in [1.807, 2.05) is 13.8 Å². The van der Waals surface area contributed by atoms with Crippen molar-refractivity contribution in [3.05, 3.63) is 35.6 Å². The van der Waals surface area contributed by atoms with Gasteiger partial charge in [-0.15, -0.1) is 0 Å². The fourth-order valence-corrected chi connectivity index (χ4v) is 2.35. The van der Waals surface area contributed by atoms with E-state index in [4.69, 9.17) is 4.74 Å². The third-order valence-electron chi connectivity index (χ3n) is 3.08. The molecule has 1 heterocycles. The molecule has 1 atom stereocenters. The minimum atomic E-state index is -0.549. The topological polar surface area (TPSA) is 49.8 Å².